The van der Waals surface area contributed by atoms with E-state index in [0.29, 0.717) is 6.04 Å². The molecule has 4 heteroatoms. The molecule has 1 fully saturated rings. The SMILES string of the molecule is CC(C)N1CCN(CC(O)c2ccc(Br)cc2)CC1. The molecule has 0 saturated carbocycles. The molecular formula is C15H23BrN2O. The first-order chi connectivity index (χ1) is 9.06. The fourth-order valence-electron chi connectivity index (χ4n) is 2.50. The van der Waals surface area contributed by atoms with Gasteiger partial charge in [0.05, 0.1) is 6.10 Å². The van der Waals surface area contributed by atoms with Crippen LogP contribution in [0, 0.1) is 0 Å². The van der Waals surface area contributed by atoms with Crippen molar-refractivity contribution in [1.29, 1.82) is 0 Å². The second kappa shape index (κ2) is 6.84. The van der Waals surface area contributed by atoms with Crippen molar-refractivity contribution in [2.75, 3.05) is 32.7 Å². The summed E-state index contributed by atoms with van der Waals surface area (Å²) >= 11 is 3.42. The van der Waals surface area contributed by atoms with Crippen LogP contribution in [0.4, 0.5) is 0 Å². The zero-order valence-corrected chi connectivity index (χ0v) is 13.3. The predicted octanol–water partition coefficient (Wildman–Crippen LogP) is 2.51. The Hall–Kier alpha value is -0.420. The van der Waals surface area contributed by atoms with E-state index in [1.807, 2.05) is 24.3 Å². The number of nitrogens with zero attached hydrogens (tertiary/aromatic N) is 2. The van der Waals surface area contributed by atoms with Crippen LogP contribution in [0.2, 0.25) is 0 Å². The maximum atomic E-state index is 10.3. The molecule has 1 aliphatic rings. The Kier molecular flexibility index (Phi) is 5.39. The summed E-state index contributed by atoms with van der Waals surface area (Å²) in [6, 6.07) is 8.56. The van der Waals surface area contributed by atoms with Crippen molar-refractivity contribution in [3.63, 3.8) is 0 Å². The number of aliphatic hydroxyl groups excluding tert-OH is 1. The highest BCUT2D eigenvalue weighted by Crippen LogP contribution is 2.18. The van der Waals surface area contributed by atoms with Crippen LogP contribution in [0.25, 0.3) is 0 Å². The molecule has 3 nitrogen and oxygen atoms in total. The molecule has 2 rings (SSSR count). The lowest BCUT2D eigenvalue weighted by molar-refractivity contribution is 0.0621. The largest absolute Gasteiger partial charge is 0.387 e. The zero-order valence-electron chi connectivity index (χ0n) is 11.7. The van der Waals surface area contributed by atoms with Crippen LogP contribution in [0.3, 0.4) is 0 Å². The number of piperazine rings is 1. The Morgan fingerprint density at radius 1 is 1.11 bits per heavy atom. The van der Waals surface area contributed by atoms with Crippen molar-refractivity contribution in [1.82, 2.24) is 9.80 Å². The average molecular weight is 327 g/mol. The van der Waals surface area contributed by atoms with E-state index in [2.05, 4.69) is 39.6 Å². The lowest BCUT2D eigenvalue weighted by atomic mass is 10.1. The van der Waals surface area contributed by atoms with Crippen molar-refractivity contribution < 1.29 is 5.11 Å². The summed E-state index contributed by atoms with van der Waals surface area (Å²) in [7, 11) is 0. The van der Waals surface area contributed by atoms with Crippen LogP contribution in [-0.4, -0.2) is 53.7 Å². The summed E-state index contributed by atoms with van der Waals surface area (Å²) in [6.07, 6.45) is -0.390. The molecule has 0 bridgehead atoms. The van der Waals surface area contributed by atoms with Crippen LogP contribution < -0.4 is 0 Å². The number of β-amino-alcohol motifs (C(OH)–C–C–N with tert-alkyl or cyclic N) is 1. The zero-order chi connectivity index (χ0) is 13.8. The van der Waals surface area contributed by atoms with Gasteiger partial charge in [-0.3, -0.25) is 9.80 Å². The molecule has 1 unspecified atom stereocenters. The van der Waals surface area contributed by atoms with Gasteiger partial charge in [0.1, 0.15) is 0 Å². The van der Waals surface area contributed by atoms with Crippen LogP contribution in [0.5, 0.6) is 0 Å². The number of hydrogen-bond donors (Lipinski definition) is 1. The number of aliphatic hydroxyl groups is 1. The van der Waals surface area contributed by atoms with Gasteiger partial charge in [-0.05, 0) is 31.5 Å². The molecule has 0 amide bonds. The number of hydrogen-bond acceptors (Lipinski definition) is 3. The molecule has 1 heterocycles. The summed E-state index contributed by atoms with van der Waals surface area (Å²) in [5.41, 5.74) is 0.995. The Morgan fingerprint density at radius 2 is 1.68 bits per heavy atom. The van der Waals surface area contributed by atoms with E-state index >= 15 is 0 Å². The van der Waals surface area contributed by atoms with Gasteiger partial charge in [-0.25, -0.2) is 0 Å². The molecule has 1 saturated heterocycles. The van der Waals surface area contributed by atoms with E-state index in [4.69, 9.17) is 0 Å². The Balaban J connectivity index is 1.83. The van der Waals surface area contributed by atoms with Gasteiger partial charge in [0.15, 0.2) is 0 Å². The first kappa shape index (κ1) is 15.0. The lowest BCUT2D eigenvalue weighted by Crippen LogP contribution is -2.49. The molecule has 1 N–H and O–H groups in total. The quantitative estimate of drug-likeness (QED) is 0.921. The minimum atomic E-state index is -0.390. The van der Waals surface area contributed by atoms with Crippen molar-refractivity contribution in [2.45, 2.75) is 26.0 Å². The fourth-order valence-corrected chi connectivity index (χ4v) is 2.76. The molecule has 0 aromatic heterocycles. The first-order valence-electron chi connectivity index (χ1n) is 6.96. The van der Waals surface area contributed by atoms with Gasteiger partial charge in [-0.15, -0.1) is 0 Å². The van der Waals surface area contributed by atoms with Gasteiger partial charge in [-0.2, -0.15) is 0 Å². The van der Waals surface area contributed by atoms with Crippen molar-refractivity contribution >= 4 is 15.9 Å². The van der Waals surface area contributed by atoms with E-state index in [-0.39, 0.29) is 0 Å². The fraction of sp³-hybridized carbons (Fsp3) is 0.600. The molecular weight excluding hydrogens is 304 g/mol. The van der Waals surface area contributed by atoms with E-state index in [0.717, 1.165) is 42.8 Å². The standard InChI is InChI=1S/C15H23BrN2O/c1-12(2)18-9-7-17(8-10-18)11-15(19)13-3-5-14(16)6-4-13/h3-6,12,15,19H,7-11H2,1-2H3. The smallest absolute Gasteiger partial charge is 0.0916 e. The molecule has 0 aliphatic carbocycles. The van der Waals surface area contributed by atoms with E-state index < -0.39 is 6.10 Å². The third-order valence-corrected chi connectivity index (χ3v) is 4.35. The highest BCUT2D eigenvalue weighted by molar-refractivity contribution is 9.10. The average Bonchev–Trinajstić information content (AvgIpc) is 2.40. The topological polar surface area (TPSA) is 26.7 Å². The van der Waals surface area contributed by atoms with Gasteiger partial charge < -0.3 is 5.11 Å². The van der Waals surface area contributed by atoms with Gasteiger partial charge in [-0.1, -0.05) is 28.1 Å². The highest BCUT2D eigenvalue weighted by atomic mass is 79.9. The molecule has 1 aromatic carbocycles. The van der Waals surface area contributed by atoms with Crippen LogP contribution in [0.15, 0.2) is 28.7 Å². The van der Waals surface area contributed by atoms with Crippen LogP contribution >= 0.6 is 15.9 Å². The Morgan fingerprint density at radius 3 is 2.21 bits per heavy atom. The minimum absolute atomic E-state index is 0.390. The molecule has 0 spiro atoms. The van der Waals surface area contributed by atoms with Crippen LogP contribution in [-0.2, 0) is 0 Å². The molecule has 19 heavy (non-hydrogen) atoms. The van der Waals surface area contributed by atoms with E-state index in [1.54, 1.807) is 0 Å². The Bertz CT molecular complexity index is 386. The second-order valence-electron chi connectivity index (χ2n) is 5.50. The summed E-state index contributed by atoms with van der Waals surface area (Å²) in [6.45, 7) is 9.51. The minimum Gasteiger partial charge on any atom is -0.387 e. The van der Waals surface area contributed by atoms with Crippen LogP contribution in [0.1, 0.15) is 25.5 Å². The number of halogens is 1. The summed E-state index contributed by atoms with van der Waals surface area (Å²) in [5.74, 6) is 0. The number of benzene rings is 1. The summed E-state index contributed by atoms with van der Waals surface area (Å²) < 4.78 is 1.05. The van der Waals surface area contributed by atoms with Gasteiger partial charge in [0.2, 0.25) is 0 Å². The van der Waals surface area contributed by atoms with Crippen molar-refractivity contribution in [3.8, 4) is 0 Å². The third-order valence-electron chi connectivity index (χ3n) is 3.82. The maximum absolute atomic E-state index is 10.3. The molecule has 0 radical (unpaired) electrons. The monoisotopic (exact) mass is 326 g/mol. The number of rotatable bonds is 4. The van der Waals surface area contributed by atoms with E-state index in [1.165, 1.54) is 0 Å². The van der Waals surface area contributed by atoms with Gasteiger partial charge in [0.25, 0.3) is 0 Å². The first-order valence-corrected chi connectivity index (χ1v) is 7.75. The summed E-state index contributed by atoms with van der Waals surface area (Å²) in [5, 5.41) is 10.3. The molecule has 1 aliphatic heterocycles. The second-order valence-corrected chi connectivity index (χ2v) is 6.41. The summed E-state index contributed by atoms with van der Waals surface area (Å²) in [4.78, 5) is 4.84. The molecule has 1 aromatic rings. The van der Waals surface area contributed by atoms with Crippen molar-refractivity contribution in [3.05, 3.63) is 34.3 Å². The predicted molar refractivity (Wildman–Crippen MR) is 82.3 cm³/mol. The van der Waals surface area contributed by atoms with Gasteiger partial charge >= 0.3 is 0 Å². The van der Waals surface area contributed by atoms with Gasteiger partial charge in [0, 0.05) is 43.2 Å². The third kappa shape index (κ3) is 4.28. The normalized spacial score (nSPS) is 19.8. The molecule has 1 atom stereocenters. The van der Waals surface area contributed by atoms with Crippen molar-refractivity contribution in [2.24, 2.45) is 0 Å². The van der Waals surface area contributed by atoms with E-state index in [9.17, 15) is 5.11 Å². The highest BCUT2D eigenvalue weighted by Gasteiger charge is 2.21. The lowest BCUT2D eigenvalue weighted by Gasteiger charge is -2.37. The molecule has 106 valence electrons. The Labute approximate surface area is 124 Å². The maximum Gasteiger partial charge on any atom is 0.0916 e.